The van der Waals surface area contributed by atoms with Crippen molar-refractivity contribution in [3.05, 3.63) is 34.8 Å². The fraction of sp³-hybridized carbons (Fsp3) is 0.100. The van der Waals surface area contributed by atoms with Crippen molar-refractivity contribution in [1.29, 1.82) is 0 Å². The molecule has 0 spiro atoms. The quantitative estimate of drug-likeness (QED) is 0.691. The van der Waals surface area contributed by atoms with Gasteiger partial charge < -0.3 is 16.8 Å². The molecule has 1 aromatic carbocycles. The number of nitrogens with zero attached hydrogens (tertiary/aromatic N) is 1. The number of nitrogens with two attached hydrogens (primary N) is 2. The number of hydrogen-bond acceptors (Lipinski definition) is 5. The number of nitrogens with one attached hydrogen (secondary N) is 1. The highest BCUT2D eigenvalue weighted by atomic mass is 32.1. The van der Waals surface area contributed by atoms with Crippen LogP contribution >= 0.6 is 11.3 Å². The van der Waals surface area contributed by atoms with Crippen molar-refractivity contribution >= 4 is 28.4 Å². The summed E-state index contributed by atoms with van der Waals surface area (Å²) in [6.07, 6.45) is 0. The van der Waals surface area contributed by atoms with Crippen LogP contribution in [-0.4, -0.2) is 4.98 Å². The SMILES string of the molecule is Nc1ccc(NCc2cscn2)cc1N. The lowest BCUT2D eigenvalue weighted by Crippen LogP contribution is -2.01. The summed E-state index contributed by atoms with van der Waals surface area (Å²) < 4.78 is 0. The van der Waals surface area contributed by atoms with Gasteiger partial charge >= 0.3 is 0 Å². The Hall–Kier alpha value is -1.75. The predicted octanol–water partition coefficient (Wildman–Crippen LogP) is 1.92. The van der Waals surface area contributed by atoms with E-state index < -0.39 is 0 Å². The van der Waals surface area contributed by atoms with Crippen molar-refractivity contribution in [2.24, 2.45) is 0 Å². The monoisotopic (exact) mass is 220 g/mol. The maximum atomic E-state index is 5.69. The van der Waals surface area contributed by atoms with Crippen LogP contribution in [0.5, 0.6) is 0 Å². The third kappa shape index (κ3) is 2.38. The van der Waals surface area contributed by atoms with Gasteiger partial charge in [0.05, 0.1) is 29.1 Å². The van der Waals surface area contributed by atoms with Gasteiger partial charge in [-0.2, -0.15) is 0 Å². The minimum Gasteiger partial charge on any atom is -0.397 e. The third-order valence-corrected chi connectivity index (χ3v) is 2.68. The molecule has 0 fully saturated rings. The summed E-state index contributed by atoms with van der Waals surface area (Å²) in [6.45, 7) is 0.701. The minimum absolute atomic E-state index is 0.596. The summed E-state index contributed by atoms with van der Waals surface area (Å²) in [5.41, 5.74) is 16.3. The average Bonchev–Trinajstić information content (AvgIpc) is 2.73. The maximum Gasteiger partial charge on any atom is 0.0795 e. The van der Waals surface area contributed by atoms with Gasteiger partial charge in [-0.15, -0.1) is 11.3 Å². The van der Waals surface area contributed by atoms with E-state index in [0.717, 1.165) is 11.4 Å². The van der Waals surface area contributed by atoms with Gasteiger partial charge in [-0.3, -0.25) is 0 Å². The second kappa shape index (κ2) is 4.18. The average molecular weight is 220 g/mol. The smallest absolute Gasteiger partial charge is 0.0795 e. The summed E-state index contributed by atoms with van der Waals surface area (Å²) >= 11 is 1.58. The van der Waals surface area contributed by atoms with Crippen molar-refractivity contribution in [1.82, 2.24) is 4.98 Å². The van der Waals surface area contributed by atoms with E-state index in [9.17, 15) is 0 Å². The van der Waals surface area contributed by atoms with Crippen LogP contribution in [0.25, 0.3) is 0 Å². The van der Waals surface area contributed by atoms with E-state index in [-0.39, 0.29) is 0 Å². The number of anilines is 3. The van der Waals surface area contributed by atoms with E-state index >= 15 is 0 Å². The normalized spacial score (nSPS) is 10.1. The molecule has 0 unspecified atom stereocenters. The van der Waals surface area contributed by atoms with E-state index in [1.54, 1.807) is 17.4 Å². The Morgan fingerprint density at radius 1 is 1.27 bits per heavy atom. The van der Waals surface area contributed by atoms with Crippen LogP contribution in [-0.2, 0) is 6.54 Å². The number of nitrogen functional groups attached to an aromatic ring is 2. The Bertz CT molecular complexity index is 439. The van der Waals surface area contributed by atoms with Crippen LogP contribution in [0.2, 0.25) is 0 Å². The van der Waals surface area contributed by atoms with Gasteiger partial charge in [-0.1, -0.05) is 0 Å². The second-order valence-corrected chi connectivity index (χ2v) is 3.90. The predicted molar refractivity (Wildman–Crippen MR) is 64.7 cm³/mol. The second-order valence-electron chi connectivity index (χ2n) is 3.18. The molecule has 0 radical (unpaired) electrons. The van der Waals surface area contributed by atoms with Crippen LogP contribution in [0.4, 0.5) is 17.1 Å². The van der Waals surface area contributed by atoms with Crippen molar-refractivity contribution in [3.63, 3.8) is 0 Å². The molecule has 4 nitrogen and oxygen atoms in total. The molecular formula is C10H12N4S. The van der Waals surface area contributed by atoms with Crippen LogP contribution in [0, 0.1) is 0 Å². The molecule has 2 aromatic rings. The summed E-state index contributed by atoms with van der Waals surface area (Å²) in [4.78, 5) is 4.17. The Labute approximate surface area is 91.9 Å². The standard InChI is InChI=1S/C10H12N4S/c11-9-2-1-7(3-10(9)12)13-4-8-5-15-6-14-8/h1-3,5-6,13H,4,11-12H2. The maximum absolute atomic E-state index is 5.69. The number of thiazole rings is 1. The summed E-state index contributed by atoms with van der Waals surface area (Å²) in [5, 5.41) is 5.23. The molecule has 0 amide bonds. The topological polar surface area (TPSA) is 77.0 Å². The van der Waals surface area contributed by atoms with Crippen LogP contribution < -0.4 is 16.8 Å². The molecule has 0 aliphatic carbocycles. The lowest BCUT2D eigenvalue weighted by Gasteiger charge is -2.06. The molecule has 0 aliphatic heterocycles. The molecule has 0 atom stereocenters. The first-order valence-electron chi connectivity index (χ1n) is 4.51. The van der Waals surface area contributed by atoms with E-state index in [1.165, 1.54) is 0 Å². The zero-order chi connectivity index (χ0) is 10.7. The first-order chi connectivity index (χ1) is 7.25. The summed E-state index contributed by atoms with van der Waals surface area (Å²) in [6, 6.07) is 5.51. The zero-order valence-corrected chi connectivity index (χ0v) is 8.92. The van der Waals surface area contributed by atoms with Crippen LogP contribution in [0.15, 0.2) is 29.1 Å². The Morgan fingerprint density at radius 2 is 2.13 bits per heavy atom. The van der Waals surface area contributed by atoms with Crippen molar-refractivity contribution < 1.29 is 0 Å². The van der Waals surface area contributed by atoms with Crippen molar-refractivity contribution in [3.8, 4) is 0 Å². The highest BCUT2D eigenvalue weighted by Crippen LogP contribution is 2.19. The van der Waals surface area contributed by atoms with E-state index in [0.29, 0.717) is 17.9 Å². The third-order valence-electron chi connectivity index (χ3n) is 2.04. The van der Waals surface area contributed by atoms with Gasteiger partial charge in [0.2, 0.25) is 0 Å². The van der Waals surface area contributed by atoms with E-state index in [2.05, 4.69) is 10.3 Å². The molecule has 78 valence electrons. The lowest BCUT2D eigenvalue weighted by molar-refractivity contribution is 1.07. The molecule has 0 saturated carbocycles. The van der Waals surface area contributed by atoms with Gasteiger partial charge in [-0.05, 0) is 18.2 Å². The fourth-order valence-corrected chi connectivity index (χ4v) is 1.76. The largest absolute Gasteiger partial charge is 0.397 e. The first kappa shape index (κ1) is 9.79. The van der Waals surface area contributed by atoms with Gasteiger partial charge in [0, 0.05) is 11.1 Å². The molecule has 1 heterocycles. The molecular weight excluding hydrogens is 208 g/mol. The highest BCUT2D eigenvalue weighted by molar-refractivity contribution is 7.07. The van der Waals surface area contributed by atoms with E-state index in [1.807, 2.05) is 23.0 Å². The fourth-order valence-electron chi connectivity index (χ4n) is 1.20. The van der Waals surface area contributed by atoms with Crippen LogP contribution in [0.3, 0.4) is 0 Å². The molecule has 1 aromatic heterocycles. The number of rotatable bonds is 3. The molecule has 0 saturated heterocycles. The summed E-state index contributed by atoms with van der Waals surface area (Å²) in [5.74, 6) is 0. The van der Waals surface area contributed by atoms with Crippen LogP contribution in [0.1, 0.15) is 5.69 Å². The lowest BCUT2D eigenvalue weighted by atomic mass is 10.2. The molecule has 5 heteroatoms. The molecule has 2 rings (SSSR count). The van der Waals surface area contributed by atoms with Gasteiger partial charge in [0.25, 0.3) is 0 Å². The van der Waals surface area contributed by atoms with E-state index in [4.69, 9.17) is 11.5 Å². The molecule has 5 N–H and O–H groups in total. The van der Waals surface area contributed by atoms with Crippen molar-refractivity contribution in [2.75, 3.05) is 16.8 Å². The molecule has 15 heavy (non-hydrogen) atoms. The summed E-state index contributed by atoms with van der Waals surface area (Å²) in [7, 11) is 0. The van der Waals surface area contributed by atoms with Gasteiger partial charge in [0.15, 0.2) is 0 Å². The number of aromatic nitrogens is 1. The Balaban J connectivity index is 2.02. The number of benzene rings is 1. The molecule has 0 aliphatic rings. The Morgan fingerprint density at radius 3 is 2.80 bits per heavy atom. The van der Waals surface area contributed by atoms with Crippen molar-refractivity contribution in [2.45, 2.75) is 6.54 Å². The number of hydrogen-bond donors (Lipinski definition) is 3. The van der Waals surface area contributed by atoms with Gasteiger partial charge in [-0.25, -0.2) is 4.98 Å². The Kier molecular flexibility index (Phi) is 2.73. The minimum atomic E-state index is 0.596. The van der Waals surface area contributed by atoms with Gasteiger partial charge in [0.1, 0.15) is 0 Å². The zero-order valence-electron chi connectivity index (χ0n) is 8.10. The first-order valence-corrected chi connectivity index (χ1v) is 5.46. The molecule has 0 bridgehead atoms. The highest BCUT2D eigenvalue weighted by Gasteiger charge is 1.98.